The highest BCUT2D eigenvalue weighted by Crippen LogP contribution is 2.42. The van der Waals surface area contributed by atoms with Crippen molar-refractivity contribution in [2.75, 3.05) is 26.2 Å². The Morgan fingerprint density at radius 2 is 1.81 bits per heavy atom. The first-order valence-corrected chi connectivity index (χ1v) is 11.0. The molecule has 6 heteroatoms. The Morgan fingerprint density at radius 3 is 2.58 bits per heavy atom. The highest BCUT2D eigenvalue weighted by Gasteiger charge is 2.42. The van der Waals surface area contributed by atoms with Gasteiger partial charge in [-0.05, 0) is 37.7 Å². The van der Waals surface area contributed by atoms with Crippen molar-refractivity contribution in [3.63, 3.8) is 0 Å². The van der Waals surface area contributed by atoms with Crippen LogP contribution in [0.2, 0.25) is 0 Å². The fourth-order valence-electron chi connectivity index (χ4n) is 4.52. The number of nitrogens with zero attached hydrogens (tertiary/aromatic N) is 2. The van der Waals surface area contributed by atoms with Gasteiger partial charge in [-0.3, -0.25) is 9.59 Å². The number of carbonyl (C=O) groups excluding carboxylic acids is 2. The first-order chi connectivity index (χ1) is 15.1. The van der Waals surface area contributed by atoms with E-state index in [4.69, 9.17) is 0 Å². The second-order valence-electron chi connectivity index (χ2n) is 7.99. The number of aromatic amines is 1. The van der Waals surface area contributed by atoms with Crippen LogP contribution in [0, 0.1) is 0 Å². The van der Waals surface area contributed by atoms with E-state index in [0.717, 1.165) is 41.7 Å². The number of rotatable bonds is 8. The van der Waals surface area contributed by atoms with Gasteiger partial charge in [-0.25, -0.2) is 0 Å². The Morgan fingerprint density at radius 1 is 1.10 bits per heavy atom. The number of fused-ring (bicyclic) bond motifs is 2. The Kier molecular flexibility index (Phi) is 6.09. The van der Waals surface area contributed by atoms with Crippen molar-refractivity contribution in [3.8, 4) is 0 Å². The third-order valence-corrected chi connectivity index (χ3v) is 6.33. The third-order valence-electron chi connectivity index (χ3n) is 6.33. The zero-order valence-electron chi connectivity index (χ0n) is 18.4. The van der Waals surface area contributed by atoms with Crippen molar-refractivity contribution in [1.82, 2.24) is 20.1 Å². The highest BCUT2D eigenvalue weighted by molar-refractivity contribution is 6.03. The van der Waals surface area contributed by atoms with Crippen LogP contribution in [0.4, 0.5) is 0 Å². The standard InChI is InChI=1S/C25H30N4O2/c1-4-28(5-2)15-14-26-24(30)17(3)29-23(19-11-6-7-12-20(19)25(29)31)21-16-27-22-13-9-8-10-18(21)22/h6-13,16-17,23,27H,4-5,14-15H2,1-3H3,(H,26,30)/t17-,23+/m1/s1. The van der Waals surface area contributed by atoms with Crippen molar-refractivity contribution in [1.29, 1.82) is 0 Å². The fraction of sp³-hybridized carbons (Fsp3) is 0.360. The van der Waals surface area contributed by atoms with Crippen LogP contribution in [0.25, 0.3) is 10.9 Å². The molecular weight excluding hydrogens is 388 g/mol. The van der Waals surface area contributed by atoms with Gasteiger partial charge in [0.25, 0.3) is 5.91 Å². The molecule has 162 valence electrons. The zero-order chi connectivity index (χ0) is 22.0. The summed E-state index contributed by atoms with van der Waals surface area (Å²) in [5, 5.41) is 4.09. The van der Waals surface area contributed by atoms with Gasteiger partial charge in [0.15, 0.2) is 0 Å². The number of hydrogen-bond donors (Lipinski definition) is 2. The maximum atomic E-state index is 13.4. The van der Waals surface area contributed by atoms with Gasteiger partial charge in [-0.15, -0.1) is 0 Å². The summed E-state index contributed by atoms with van der Waals surface area (Å²) in [6.07, 6.45) is 1.96. The lowest BCUT2D eigenvalue weighted by molar-refractivity contribution is -0.125. The van der Waals surface area contributed by atoms with Crippen LogP contribution in [0.15, 0.2) is 54.7 Å². The van der Waals surface area contributed by atoms with Gasteiger partial charge in [0.2, 0.25) is 5.91 Å². The van der Waals surface area contributed by atoms with Crippen LogP contribution >= 0.6 is 0 Å². The Balaban J connectivity index is 1.64. The van der Waals surface area contributed by atoms with E-state index in [1.54, 1.807) is 4.90 Å². The Bertz CT molecular complexity index is 1090. The number of amides is 2. The summed E-state index contributed by atoms with van der Waals surface area (Å²) in [5.41, 5.74) is 3.64. The number of nitrogens with one attached hydrogen (secondary N) is 2. The molecule has 2 amide bonds. The second-order valence-corrected chi connectivity index (χ2v) is 7.99. The molecule has 1 aliphatic heterocycles. The number of likely N-dealkylation sites (N-methyl/N-ethyl adjacent to an activating group) is 1. The maximum Gasteiger partial charge on any atom is 0.255 e. The van der Waals surface area contributed by atoms with Crippen LogP contribution in [0.5, 0.6) is 0 Å². The molecule has 6 nitrogen and oxygen atoms in total. The summed E-state index contributed by atoms with van der Waals surface area (Å²) in [4.78, 5) is 33.7. The summed E-state index contributed by atoms with van der Waals surface area (Å²) < 4.78 is 0. The van der Waals surface area contributed by atoms with Crippen LogP contribution < -0.4 is 5.32 Å². The molecule has 0 fully saturated rings. The van der Waals surface area contributed by atoms with Gasteiger partial charge in [0.1, 0.15) is 6.04 Å². The van der Waals surface area contributed by atoms with Gasteiger partial charge < -0.3 is 20.1 Å². The average Bonchev–Trinajstić information content (AvgIpc) is 3.35. The molecule has 0 radical (unpaired) electrons. The largest absolute Gasteiger partial charge is 0.361 e. The van der Waals surface area contributed by atoms with Gasteiger partial charge in [0, 0.05) is 41.3 Å². The third kappa shape index (κ3) is 3.83. The SMILES string of the molecule is CCN(CC)CCNC(=O)[C@@H](C)N1C(=O)c2ccccc2[C@H]1c1c[nH]c2ccccc12. The number of benzene rings is 2. The van der Waals surface area contributed by atoms with E-state index in [2.05, 4.69) is 35.1 Å². The quantitative estimate of drug-likeness (QED) is 0.588. The van der Waals surface area contributed by atoms with Gasteiger partial charge in [-0.2, -0.15) is 0 Å². The average molecular weight is 419 g/mol. The lowest BCUT2D eigenvalue weighted by Crippen LogP contribution is -2.48. The molecule has 0 aliphatic carbocycles. The summed E-state index contributed by atoms with van der Waals surface area (Å²) in [7, 11) is 0. The molecule has 4 rings (SSSR count). The van der Waals surface area contributed by atoms with E-state index < -0.39 is 6.04 Å². The molecule has 0 spiro atoms. The number of carbonyl (C=O) groups is 2. The molecule has 0 saturated heterocycles. The summed E-state index contributed by atoms with van der Waals surface area (Å²) in [6, 6.07) is 14.8. The molecule has 2 aromatic carbocycles. The highest BCUT2D eigenvalue weighted by atomic mass is 16.2. The number of hydrogen-bond acceptors (Lipinski definition) is 3. The number of H-pyrrole nitrogens is 1. The van der Waals surface area contributed by atoms with E-state index in [1.807, 2.05) is 55.6 Å². The van der Waals surface area contributed by atoms with Crippen LogP contribution in [0.1, 0.15) is 48.3 Å². The molecule has 0 unspecified atom stereocenters. The first-order valence-electron chi connectivity index (χ1n) is 11.0. The number of aromatic nitrogens is 1. The minimum Gasteiger partial charge on any atom is -0.361 e. The van der Waals surface area contributed by atoms with Crippen molar-refractivity contribution in [3.05, 3.63) is 71.4 Å². The molecule has 3 aromatic rings. The van der Waals surface area contributed by atoms with Crippen LogP contribution in [-0.4, -0.2) is 58.8 Å². The van der Waals surface area contributed by atoms with Crippen molar-refractivity contribution < 1.29 is 9.59 Å². The molecule has 2 N–H and O–H groups in total. The summed E-state index contributed by atoms with van der Waals surface area (Å²) in [6.45, 7) is 9.30. The normalized spacial score (nSPS) is 16.7. The van der Waals surface area contributed by atoms with E-state index >= 15 is 0 Å². The molecule has 31 heavy (non-hydrogen) atoms. The van der Waals surface area contributed by atoms with Gasteiger partial charge in [0.05, 0.1) is 6.04 Å². The van der Waals surface area contributed by atoms with E-state index in [-0.39, 0.29) is 17.9 Å². The zero-order valence-corrected chi connectivity index (χ0v) is 18.4. The Labute approximate surface area is 183 Å². The van der Waals surface area contributed by atoms with Crippen molar-refractivity contribution in [2.24, 2.45) is 0 Å². The lowest BCUT2D eigenvalue weighted by atomic mass is 9.97. The van der Waals surface area contributed by atoms with Crippen LogP contribution in [-0.2, 0) is 4.79 Å². The summed E-state index contributed by atoms with van der Waals surface area (Å²) >= 11 is 0. The van der Waals surface area contributed by atoms with Crippen LogP contribution in [0.3, 0.4) is 0 Å². The monoisotopic (exact) mass is 418 g/mol. The second kappa shape index (κ2) is 8.94. The smallest absolute Gasteiger partial charge is 0.255 e. The number of para-hydroxylation sites is 1. The van der Waals surface area contributed by atoms with E-state index in [0.29, 0.717) is 12.1 Å². The molecule has 1 aromatic heterocycles. The fourth-order valence-corrected chi connectivity index (χ4v) is 4.52. The lowest BCUT2D eigenvalue weighted by Gasteiger charge is -2.31. The molecule has 0 saturated carbocycles. The van der Waals surface area contributed by atoms with Crippen molar-refractivity contribution >= 4 is 22.7 Å². The minimum atomic E-state index is -0.588. The molecule has 1 aliphatic rings. The van der Waals surface area contributed by atoms with E-state index in [1.165, 1.54) is 0 Å². The Hall–Kier alpha value is -3.12. The van der Waals surface area contributed by atoms with Gasteiger partial charge in [-0.1, -0.05) is 50.2 Å². The molecular formula is C25H30N4O2. The maximum absolute atomic E-state index is 13.4. The summed E-state index contributed by atoms with van der Waals surface area (Å²) in [5.74, 6) is -0.226. The van der Waals surface area contributed by atoms with E-state index in [9.17, 15) is 9.59 Å². The van der Waals surface area contributed by atoms with Gasteiger partial charge >= 0.3 is 0 Å². The molecule has 2 heterocycles. The predicted molar refractivity (Wildman–Crippen MR) is 123 cm³/mol. The molecule has 2 atom stereocenters. The predicted octanol–water partition coefficient (Wildman–Crippen LogP) is 3.56. The first kappa shape index (κ1) is 21.1. The minimum absolute atomic E-state index is 0.0997. The molecule has 0 bridgehead atoms. The van der Waals surface area contributed by atoms with Crippen molar-refractivity contribution in [2.45, 2.75) is 32.9 Å². The topological polar surface area (TPSA) is 68.4 Å².